The van der Waals surface area contributed by atoms with Crippen LogP contribution in [-0.4, -0.2) is 11.4 Å². The third-order valence-electron chi connectivity index (χ3n) is 3.16. The fourth-order valence-corrected chi connectivity index (χ4v) is 2.13. The molecule has 2 heteroatoms. The van der Waals surface area contributed by atoms with Crippen molar-refractivity contribution in [2.45, 2.75) is 70.6 Å². The molecule has 0 aromatic heterocycles. The summed E-state index contributed by atoms with van der Waals surface area (Å²) in [6, 6.07) is 0. The molecule has 0 heterocycles. The first kappa shape index (κ1) is 12.4. The van der Waals surface area contributed by atoms with Gasteiger partial charge in [-0.1, -0.05) is 19.3 Å². The van der Waals surface area contributed by atoms with Crippen LogP contribution in [0, 0.1) is 10.8 Å². The lowest BCUT2D eigenvalue weighted by Gasteiger charge is -2.08. The normalized spacial score (nSPS) is 22.7. The first-order valence-electron chi connectivity index (χ1n) is 6.41. The van der Waals surface area contributed by atoms with Crippen molar-refractivity contribution in [3.63, 3.8) is 0 Å². The maximum absolute atomic E-state index is 7.33. The third kappa shape index (κ3) is 6.43. The van der Waals surface area contributed by atoms with Crippen molar-refractivity contribution in [2.24, 2.45) is 0 Å². The van der Waals surface area contributed by atoms with Gasteiger partial charge in [0.15, 0.2) is 0 Å². The van der Waals surface area contributed by atoms with Crippen LogP contribution in [0.25, 0.3) is 0 Å². The molecule has 2 aliphatic rings. The Labute approximate surface area is 93.5 Å². The van der Waals surface area contributed by atoms with Gasteiger partial charge in [0.2, 0.25) is 0 Å². The van der Waals surface area contributed by atoms with Crippen molar-refractivity contribution < 1.29 is 0 Å². The van der Waals surface area contributed by atoms with Gasteiger partial charge >= 0.3 is 0 Å². The molecule has 2 saturated carbocycles. The average Bonchev–Trinajstić information content (AvgIpc) is 2.48. The molecular formula is C13H24N2. The Kier molecular flexibility index (Phi) is 6.29. The van der Waals surface area contributed by atoms with Crippen LogP contribution in [0.1, 0.15) is 70.6 Å². The van der Waals surface area contributed by atoms with Gasteiger partial charge in [-0.15, -0.1) is 0 Å². The number of hydrogen-bond acceptors (Lipinski definition) is 2. The van der Waals surface area contributed by atoms with Crippen molar-refractivity contribution in [3.05, 3.63) is 0 Å². The van der Waals surface area contributed by atoms with Crippen molar-refractivity contribution in [1.82, 2.24) is 0 Å². The van der Waals surface area contributed by atoms with Crippen LogP contribution >= 0.6 is 0 Å². The van der Waals surface area contributed by atoms with Crippen molar-refractivity contribution in [3.8, 4) is 0 Å². The second-order valence-electron chi connectivity index (χ2n) is 4.68. The molecule has 0 bridgehead atoms. The van der Waals surface area contributed by atoms with Gasteiger partial charge < -0.3 is 10.8 Å². The monoisotopic (exact) mass is 208 g/mol. The van der Waals surface area contributed by atoms with Gasteiger partial charge in [0.05, 0.1) is 0 Å². The Morgan fingerprint density at radius 1 is 0.467 bits per heavy atom. The van der Waals surface area contributed by atoms with Gasteiger partial charge in [-0.3, -0.25) is 0 Å². The zero-order valence-corrected chi connectivity index (χ0v) is 9.78. The smallest absolute Gasteiger partial charge is 0.00891 e. The molecule has 2 nitrogen and oxygen atoms in total. The molecule has 0 radical (unpaired) electrons. The Morgan fingerprint density at radius 2 is 0.733 bits per heavy atom. The van der Waals surface area contributed by atoms with Crippen molar-refractivity contribution in [2.75, 3.05) is 0 Å². The topological polar surface area (TPSA) is 47.7 Å². The number of nitrogens with one attached hydrogen (secondary N) is 2. The first-order valence-corrected chi connectivity index (χ1v) is 6.41. The Morgan fingerprint density at radius 3 is 1.07 bits per heavy atom. The van der Waals surface area contributed by atoms with E-state index in [0.717, 1.165) is 37.1 Å². The molecule has 0 amide bonds. The maximum Gasteiger partial charge on any atom is 0.00891 e. The predicted molar refractivity (Wildman–Crippen MR) is 66.2 cm³/mol. The molecule has 2 fully saturated rings. The fourth-order valence-electron chi connectivity index (χ4n) is 2.13. The molecule has 15 heavy (non-hydrogen) atoms. The fraction of sp³-hybridized carbons (Fsp3) is 0.846. The molecule has 2 N–H and O–H groups in total. The first-order chi connectivity index (χ1) is 7.29. The lowest BCUT2D eigenvalue weighted by Crippen LogP contribution is -2.01. The van der Waals surface area contributed by atoms with Crippen LogP contribution < -0.4 is 0 Å². The molecule has 0 aromatic carbocycles. The summed E-state index contributed by atoms with van der Waals surface area (Å²) >= 11 is 0. The summed E-state index contributed by atoms with van der Waals surface area (Å²) in [4.78, 5) is 0. The zero-order valence-electron chi connectivity index (χ0n) is 9.78. The molecule has 86 valence electrons. The minimum absolute atomic E-state index is 0.964. The molecule has 0 saturated heterocycles. The quantitative estimate of drug-likeness (QED) is 0.557. The SMILES string of the molecule is N=C1CCCCC1.N=C1CCCCCC1. The summed E-state index contributed by atoms with van der Waals surface area (Å²) < 4.78 is 0. The van der Waals surface area contributed by atoms with E-state index in [-0.39, 0.29) is 0 Å². The van der Waals surface area contributed by atoms with Crippen LogP contribution in [0.2, 0.25) is 0 Å². The molecule has 0 spiro atoms. The second-order valence-corrected chi connectivity index (χ2v) is 4.68. The Bertz CT molecular complexity index is 191. The summed E-state index contributed by atoms with van der Waals surface area (Å²) in [5, 5.41) is 14.5. The molecule has 0 aromatic rings. The summed E-state index contributed by atoms with van der Waals surface area (Å²) in [5.41, 5.74) is 1.94. The van der Waals surface area contributed by atoms with Crippen molar-refractivity contribution in [1.29, 1.82) is 10.8 Å². The average molecular weight is 208 g/mol. The van der Waals surface area contributed by atoms with Gasteiger partial charge in [-0.2, -0.15) is 0 Å². The molecule has 0 atom stereocenters. The van der Waals surface area contributed by atoms with E-state index in [1.807, 2.05) is 0 Å². The third-order valence-corrected chi connectivity index (χ3v) is 3.16. The maximum atomic E-state index is 7.33. The largest absolute Gasteiger partial charge is 0.310 e. The molecule has 0 aliphatic heterocycles. The number of rotatable bonds is 0. The number of hydrogen-bond donors (Lipinski definition) is 2. The van der Waals surface area contributed by atoms with Gasteiger partial charge in [0.25, 0.3) is 0 Å². The second kappa shape index (κ2) is 7.61. The molecular weight excluding hydrogens is 184 g/mol. The highest BCUT2D eigenvalue weighted by atomic mass is 14.4. The van der Waals surface area contributed by atoms with E-state index < -0.39 is 0 Å². The van der Waals surface area contributed by atoms with E-state index in [1.165, 1.54) is 44.9 Å². The van der Waals surface area contributed by atoms with E-state index in [1.54, 1.807) is 0 Å². The zero-order chi connectivity index (χ0) is 10.9. The minimum Gasteiger partial charge on any atom is -0.310 e. The van der Waals surface area contributed by atoms with E-state index in [0.29, 0.717) is 0 Å². The van der Waals surface area contributed by atoms with Gasteiger partial charge in [-0.25, -0.2) is 0 Å². The van der Waals surface area contributed by atoms with E-state index in [2.05, 4.69) is 0 Å². The van der Waals surface area contributed by atoms with Crippen LogP contribution in [-0.2, 0) is 0 Å². The van der Waals surface area contributed by atoms with Crippen LogP contribution in [0.3, 0.4) is 0 Å². The predicted octanol–water partition coefficient (Wildman–Crippen LogP) is 4.33. The van der Waals surface area contributed by atoms with Crippen LogP contribution in [0.4, 0.5) is 0 Å². The van der Waals surface area contributed by atoms with Gasteiger partial charge in [0.1, 0.15) is 0 Å². The lowest BCUT2D eigenvalue weighted by atomic mass is 9.99. The molecule has 0 unspecified atom stereocenters. The molecule has 2 rings (SSSR count). The van der Waals surface area contributed by atoms with E-state index >= 15 is 0 Å². The Hall–Kier alpha value is -0.660. The van der Waals surface area contributed by atoms with E-state index in [9.17, 15) is 0 Å². The summed E-state index contributed by atoms with van der Waals surface area (Å²) in [7, 11) is 0. The van der Waals surface area contributed by atoms with Crippen LogP contribution in [0.15, 0.2) is 0 Å². The van der Waals surface area contributed by atoms with Crippen molar-refractivity contribution >= 4 is 11.4 Å². The standard InChI is InChI=1S/C7H13N.C6H11N/c8-7-5-3-1-2-4-6-7;7-6-4-2-1-3-5-6/h8H,1-6H2;7H,1-5H2. The molecule has 2 aliphatic carbocycles. The van der Waals surface area contributed by atoms with E-state index in [4.69, 9.17) is 10.8 Å². The Balaban J connectivity index is 0.000000151. The summed E-state index contributed by atoms with van der Waals surface area (Å²) in [6.45, 7) is 0. The summed E-state index contributed by atoms with van der Waals surface area (Å²) in [5.74, 6) is 0. The highest BCUT2D eigenvalue weighted by Gasteiger charge is 2.02. The summed E-state index contributed by atoms with van der Waals surface area (Å²) in [6.07, 6.45) is 13.4. The highest BCUT2D eigenvalue weighted by Crippen LogP contribution is 2.13. The van der Waals surface area contributed by atoms with Crippen LogP contribution in [0.5, 0.6) is 0 Å². The van der Waals surface area contributed by atoms with Gasteiger partial charge in [-0.05, 0) is 51.4 Å². The highest BCUT2D eigenvalue weighted by molar-refractivity contribution is 5.81. The lowest BCUT2D eigenvalue weighted by molar-refractivity contribution is 0.663. The van der Waals surface area contributed by atoms with Gasteiger partial charge in [0, 0.05) is 11.4 Å². The minimum atomic E-state index is 0.964.